The van der Waals surface area contributed by atoms with Gasteiger partial charge in [-0.1, -0.05) is 32.4 Å². The van der Waals surface area contributed by atoms with Gasteiger partial charge < -0.3 is 14.7 Å². The highest BCUT2D eigenvalue weighted by atomic mass is 35.5. The Balaban J connectivity index is 3.17. The van der Waals surface area contributed by atoms with Crippen molar-refractivity contribution < 1.29 is 14.6 Å². The maximum absolute atomic E-state index is 11.5. The van der Waals surface area contributed by atoms with Crippen LogP contribution in [-0.2, 0) is 5.41 Å². The third kappa shape index (κ3) is 3.29. The van der Waals surface area contributed by atoms with Gasteiger partial charge in [-0.3, -0.25) is 0 Å². The van der Waals surface area contributed by atoms with E-state index in [9.17, 15) is 9.90 Å². The van der Waals surface area contributed by atoms with Crippen molar-refractivity contribution >= 4 is 17.7 Å². The molecule has 1 N–H and O–H groups in total. The molecule has 100 valence electrons. The minimum absolute atomic E-state index is 0.0221. The number of phenols is 1. The summed E-state index contributed by atoms with van der Waals surface area (Å²) in [6.07, 6.45) is -0.489. The standard InChI is InChI=1S/C13H18ClNO3/c1-13(2,3)9-6-8(7-10(14)11(9)16)18-12(17)15(4)5/h6-7,16H,1-5H3. The van der Waals surface area contributed by atoms with E-state index in [-0.39, 0.29) is 16.2 Å². The van der Waals surface area contributed by atoms with Gasteiger partial charge in [-0.2, -0.15) is 0 Å². The third-order valence-electron chi connectivity index (χ3n) is 2.42. The summed E-state index contributed by atoms with van der Waals surface area (Å²) < 4.78 is 5.14. The van der Waals surface area contributed by atoms with Crippen LogP contribution in [0, 0.1) is 0 Å². The molecule has 0 radical (unpaired) electrons. The van der Waals surface area contributed by atoms with Crippen LogP contribution >= 0.6 is 11.6 Å². The Morgan fingerprint density at radius 2 is 1.89 bits per heavy atom. The second-order valence-corrected chi connectivity index (χ2v) is 5.72. The van der Waals surface area contributed by atoms with Crippen molar-refractivity contribution in [3.63, 3.8) is 0 Å². The van der Waals surface area contributed by atoms with E-state index in [0.29, 0.717) is 11.3 Å². The fraction of sp³-hybridized carbons (Fsp3) is 0.462. The zero-order chi connectivity index (χ0) is 14.1. The number of halogens is 1. The highest BCUT2D eigenvalue weighted by molar-refractivity contribution is 6.32. The fourth-order valence-corrected chi connectivity index (χ4v) is 1.61. The van der Waals surface area contributed by atoms with E-state index >= 15 is 0 Å². The molecule has 0 heterocycles. The summed E-state index contributed by atoms with van der Waals surface area (Å²) in [5.41, 5.74) is 0.338. The lowest BCUT2D eigenvalue weighted by Gasteiger charge is -2.22. The molecule has 1 amide bonds. The van der Waals surface area contributed by atoms with Gasteiger partial charge in [0.15, 0.2) is 0 Å². The molecule has 18 heavy (non-hydrogen) atoms. The van der Waals surface area contributed by atoms with E-state index in [1.165, 1.54) is 11.0 Å². The van der Waals surface area contributed by atoms with Crippen LogP contribution in [0.3, 0.4) is 0 Å². The largest absolute Gasteiger partial charge is 0.506 e. The smallest absolute Gasteiger partial charge is 0.414 e. The van der Waals surface area contributed by atoms with Crippen LogP contribution in [0.2, 0.25) is 5.02 Å². The van der Waals surface area contributed by atoms with Gasteiger partial charge in [0.05, 0.1) is 5.02 Å². The molecule has 4 nitrogen and oxygen atoms in total. The number of amides is 1. The molecule has 0 aliphatic heterocycles. The van der Waals surface area contributed by atoms with Crippen molar-refractivity contribution in [3.8, 4) is 11.5 Å². The fourth-order valence-electron chi connectivity index (χ4n) is 1.40. The number of hydrogen-bond acceptors (Lipinski definition) is 3. The van der Waals surface area contributed by atoms with Gasteiger partial charge in [-0.05, 0) is 11.5 Å². The van der Waals surface area contributed by atoms with Gasteiger partial charge in [-0.15, -0.1) is 0 Å². The number of ether oxygens (including phenoxy) is 1. The summed E-state index contributed by atoms with van der Waals surface area (Å²) in [6.45, 7) is 5.82. The predicted molar refractivity (Wildman–Crippen MR) is 71.5 cm³/mol. The van der Waals surface area contributed by atoms with Crippen molar-refractivity contribution in [1.29, 1.82) is 0 Å². The molecule has 1 aromatic rings. The van der Waals surface area contributed by atoms with Crippen LogP contribution < -0.4 is 4.74 Å². The SMILES string of the molecule is CN(C)C(=O)Oc1cc(Cl)c(O)c(C(C)(C)C)c1. The molecule has 0 aliphatic rings. The van der Waals surface area contributed by atoms with Crippen LogP contribution in [0.1, 0.15) is 26.3 Å². The number of nitrogens with zero attached hydrogens (tertiary/aromatic N) is 1. The molecule has 0 bridgehead atoms. The van der Waals surface area contributed by atoms with Gasteiger partial charge in [-0.25, -0.2) is 4.79 Å². The van der Waals surface area contributed by atoms with E-state index < -0.39 is 6.09 Å². The predicted octanol–water partition coefficient (Wildman–Crippen LogP) is 3.40. The van der Waals surface area contributed by atoms with Gasteiger partial charge in [0.25, 0.3) is 0 Å². The van der Waals surface area contributed by atoms with Crippen molar-refractivity contribution in [2.45, 2.75) is 26.2 Å². The number of phenolic OH excluding ortho intramolecular Hbond substituents is 1. The summed E-state index contributed by atoms with van der Waals surface area (Å²) in [5, 5.41) is 10.1. The van der Waals surface area contributed by atoms with Crippen LogP contribution in [0.25, 0.3) is 0 Å². The Hall–Kier alpha value is -1.42. The molecule has 0 spiro atoms. The summed E-state index contributed by atoms with van der Waals surface area (Å²) in [7, 11) is 3.18. The molecule has 1 aromatic carbocycles. The Bertz CT molecular complexity index is 464. The summed E-state index contributed by atoms with van der Waals surface area (Å²) >= 11 is 5.93. The minimum Gasteiger partial charge on any atom is -0.506 e. The van der Waals surface area contributed by atoms with Crippen LogP contribution in [0.4, 0.5) is 4.79 Å². The molecular formula is C13H18ClNO3. The van der Waals surface area contributed by atoms with E-state index in [1.807, 2.05) is 20.8 Å². The Morgan fingerprint density at radius 1 is 1.33 bits per heavy atom. The molecular weight excluding hydrogens is 254 g/mol. The summed E-state index contributed by atoms with van der Waals surface area (Å²) in [6, 6.07) is 3.05. The maximum atomic E-state index is 11.5. The van der Waals surface area contributed by atoms with Crippen molar-refractivity contribution in [2.24, 2.45) is 0 Å². The monoisotopic (exact) mass is 271 g/mol. The first kappa shape index (κ1) is 14.6. The third-order valence-corrected chi connectivity index (χ3v) is 2.70. The molecule has 5 heteroatoms. The average molecular weight is 272 g/mol. The van der Waals surface area contributed by atoms with Gasteiger partial charge in [0, 0.05) is 25.7 Å². The molecule has 0 saturated carbocycles. The minimum atomic E-state index is -0.489. The average Bonchev–Trinajstić information content (AvgIpc) is 2.21. The van der Waals surface area contributed by atoms with E-state index in [0.717, 1.165) is 0 Å². The molecule has 0 fully saturated rings. The highest BCUT2D eigenvalue weighted by Gasteiger charge is 2.22. The van der Waals surface area contributed by atoms with Gasteiger partial charge >= 0.3 is 6.09 Å². The lowest BCUT2D eigenvalue weighted by molar-refractivity contribution is 0.171. The van der Waals surface area contributed by atoms with Crippen LogP contribution in [-0.4, -0.2) is 30.2 Å². The van der Waals surface area contributed by atoms with Crippen molar-refractivity contribution in [3.05, 3.63) is 22.7 Å². The van der Waals surface area contributed by atoms with Crippen LogP contribution in [0.5, 0.6) is 11.5 Å². The quantitative estimate of drug-likeness (QED) is 0.852. The van der Waals surface area contributed by atoms with Crippen molar-refractivity contribution in [2.75, 3.05) is 14.1 Å². The van der Waals surface area contributed by atoms with Crippen molar-refractivity contribution in [1.82, 2.24) is 4.90 Å². The molecule has 0 aromatic heterocycles. The lowest BCUT2D eigenvalue weighted by Crippen LogP contribution is -2.25. The number of carbonyl (C=O) groups is 1. The number of hydrogen-bond donors (Lipinski definition) is 1. The van der Waals surface area contributed by atoms with E-state index in [4.69, 9.17) is 16.3 Å². The van der Waals surface area contributed by atoms with Gasteiger partial charge in [0.1, 0.15) is 11.5 Å². The highest BCUT2D eigenvalue weighted by Crippen LogP contribution is 2.39. The molecule has 0 atom stereocenters. The summed E-state index contributed by atoms with van der Waals surface area (Å²) in [4.78, 5) is 12.8. The Labute approximate surface area is 112 Å². The van der Waals surface area contributed by atoms with E-state index in [2.05, 4.69) is 0 Å². The zero-order valence-electron chi connectivity index (χ0n) is 11.2. The zero-order valence-corrected chi connectivity index (χ0v) is 12.0. The second kappa shape index (κ2) is 5.06. The number of rotatable bonds is 1. The Morgan fingerprint density at radius 3 is 2.33 bits per heavy atom. The number of carbonyl (C=O) groups excluding carboxylic acids is 1. The van der Waals surface area contributed by atoms with Crippen LogP contribution in [0.15, 0.2) is 12.1 Å². The first-order valence-electron chi connectivity index (χ1n) is 5.55. The lowest BCUT2D eigenvalue weighted by atomic mass is 9.86. The molecule has 1 rings (SSSR count). The second-order valence-electron chi connectivity index (χ2n) is 5.31. The number of benzene rings is 1. The summed E-state index contributed by atoms with van der Waals surface area (Å²) in [5.74, 6) is 0.343. The normalized spacial score (nSPS) is 11.2. The van der Waals surface area contributed by atoms with E-state index in [1.54, 1.807) is 20.2 Å². The molecule has 0 saturated heterocycles. The van der Waals surface area contributed by atoms with Gasteiger partial charge in [0.2, 0.25) is 0 Å². The Kier molecular flexibility index (Phi) is 4.12. The molecule has 0 aliphatic carbocycles. The maximum Gasteiger partial charge on any atom is 0.414 e. The first-order valence-corrected chi connectivity index (χ1v) is 5.93. The molecule has 0 unspecified atom stereocenters. The first-order chi connectivity index (χ1) is 8.12. The topological polar surface area (TPSA) is 49.8 Å². The number of aromatic hydroxyl groups is 1.